The standard InChI is InChI=1S/C11H14N2O6S2/c1-19-11(16)12-8-2-3-13(5-8)21(17,18)9-4-7(6-20-9)10(14)15/h4,6,8H,2-3,5H2,1H3,(H,12,16)(H,14,15). The fourth-order valence-electron chi connectivity index (χ4n) is 1.98. The molecule has 0 bridgehead atoms. The summed E-state index contributed by atoms with van der Waals surface area (Å²) < 4.78 is 30.4. The average Bonchev–Trinajstić information content (AvgIpc) is 3.07. The van der Waals surface area contributed by atoms with Crippen LogP contribution in [0.15, 0.2) is 15.7 Å². The van der Waals surface area contributed by atoms with Gasteiger partial charge in [0.2, 0.25) is 0 Å². The number of carboxylic acid groups (broad SMARTS) is 1. The number of nitrogens with one attached hydrogen (secondary N) is 1. The van der Waals surface area contributed by atoms with Crippen LogP contribution >= 0.6 is 11.3 Å². The second-order valence-corrected chi connectivity index (χ2v) is 7.52. The van der Waals surface area contributed by atoms with Crippen LogP contribution in [0.2, 0.25) is 0 Å². The fourth-order valence-corrected chi connectivity index (χ4v) is 4.79. The minimum atomic E-state index is -3.73. The largest absolute Gasteiger partial charge is 0.478 e. The van der Waals surface area contributed by atoms with Crippen LogP contribution in [0.5, 0.6) is 0 Å². The van der Waals surface area contributed by atoms with Crippen molar-refractivity contribution < 1.29 is 27.9 Å². The van der Waals surface area contributed by atoms with E-state index in [0.29, 0.717) is 6.42 Å². The van der Waals surface area contributed by atoms with Crippen molar-refractivity contribution in [3.63, 3.8) is 0 Å². The molecule has 0 spiro atoms. The number of amides is 1. The van der Waals surface area contributed by atoms with Crippen LogP contribution in [-0.4, -0.2) is 56.1 Å². The highest BCUT2D eigenvalue weighted by Crippen LogP contribution is 2.26. The second-order valence-electron chi connectivity index (χ2n) is 4.44. The van der Waals surface area contributed by atoms with Gasteiger partial charge < -0.3 is 15.2 Å². The van der Waals surface area contributed by atoms with Gasteiger partial charge in [0, 0.05) is 24.5 Å². The SMILES string of the molecule is COC(=O)NC1CCN(S(=O)(=O)c2cc(C(=O)O)cs2)C1. The van der Waals surface area contributed by atoms with Crippen LogP contribution in [0, 0.1) is 0 Å². The molecule has 1 amide bonds. The topological polar surface area (TPSA) is 113 Å². The summed E-state index contributed by atoms with van der Waals surface area (Å²) in [5.41, 5.74) is -0.0537. The Balaban J connectivity index is 2.10. The zero-order chi connectivity index (χ0) is 15.6. The molecule has 21 heavy (non-hydrogen) atoms. The molecular weight excluding hydrogens is 320 g/mol. The minimum absolute atomic E-state index is 0.0152. The summed E-state index contributed by atoms with van der Waals surface area (Å²) in [5.74, 6) is -1.17. The van der Waals surface area contributed by atoms with Gasteiger partial charge in [0.25, 0.3) is 10.0 Å². The normalized spacial score (nSPS) is 19.4. The Morgan fingerprint density at radius 3 is 2.81 bits per heavy atom. The zero-order valence-corrected chi connectivity index (χ0v) is 12.7. The lowest BCUT2D eigenvalue weighted by atomic mass is 10.3. The van der Waals surface area contributed by atoms with E-state index in [1.54, 1.807) is 0 Å². The van der Waals surface area contributed by atoms with Crippen molar-refractivity contribution in [3.8, 4) is 0 Å². The third-order valence-electron chi connectivity index (χ3n) is 3.07. The number of rotatable bonds is 4. The number of nitrogens with zero attached hydrogens (tertiary/aromatic N) is 1. The molecule has 1 aromatic rings. The van der Waals surface area contributed by atoms with Crippen molar-refractivity contribution >= 4 is 33.4 Å². The number of thiophene rings is 1. The molecule has 8 nitrogen and oxygen atoms in total. The maximum atomic E-state index is 12.4. The first kappa shape index (κ1) is 15.7. The Bertz CT molecular complexity index is 653. The molecule has 1 unspecified atom stereocenters. The number of alkyl carbamates (subject to hydrolysis) is 1. The molecule has 0 aliphatic carbocycles. The molecule has 1 aliphatic heterocycles. The lowest BCUT2D eigenvalue weighted by Crippen LogP contribution is -2.38. The molecule has 2 heterocycles. The number of ether oxygens (including phenoxy) is 1. The first-order chi connectivity index (χ1) is 9.84. The zero-order valence-electron chi connectivity index (χ0n) is 11.1. The third-order valence-corrected chi connectivity index (χ3v) is 6.36. The Kier molecular flexibility index (Phi) is 4.49. The van der Waals surface area contributed by atoms with Crippen molar-refractivity contribution in [2.45, 2.75) is 16.7 Å². The van der Waals surface area contributed by atoms with Gasteiger partial charge in [0.15, 0.2) is 0 Å². The smallest absolute Gasteiger partial charge is 0.407 e. The van der Waals surface area contributed by atoms with Crippen LogP contribution < -0.4 is 5.32 Å². The van der Waals surface area contributed by atoms with E-state index < -0.39 is 22.1 Å². The highest BCUT2D eigenvalue weighted by molar-refractivity contribution is 7.91. The van der Waals surface area contributed by atoms with Gasteiger partial charge in [-0.2, -0.15) is 4.31 Å². The minimum Gasteiger partial charge on any atom is -0.478 e. The van der Waals surface area contributed by atoms with Gasteiger partial charge in [-0.25, -0.2) is 18.0 Å². The molecule has 0 saturated carbocycles. The van der Waals surface area contributed by atoms with Crippen molar-refractivity contribution in [3.05, 3.63) is 17.0 Å². The molecule has 1 saturated heterocycles. The van der Waals surface area contributed by atoms with Crippen molar-refractivity contribution in [2.75, 3.05) is 20.2 Å². The van der Waals surface area contributed by atoms with E-state index in [4.69, 9.17) is 5.11 Å². The average molecular weight is 334 g/mol. The predicted molar refractivity (Wildman–Crippen MR) is 74.0 cm³/mol. The lowest BCUT2D eigenvalue weighted by molar-refractivity contribution is 0.0697. The molecule has 0 radical (unpaired) electrons. The summed E-state index contributed by atoms with van der Waals surface area (Å²) in [6.45, 7) is 0.398. The Hall–Kier alpha value is -1.65. The highest BCUT2D eigenvalue weighted by Gasteiger charge is 2.34. The number of sulfonamides is 1. The summed E-state index contributed by atoms with van der Waals surface area (Å²) in [7, 11) is -2.50. The van der Waals surface area contributed by atoms with Crippen LogP contribution in [-0.2, 0) is 14.8 Å². The molecule has 2 N–H and O–H groups in total. The van der Waals surface area contributed by atoms with Crippen molar-refractivity contribution in [1.29, 1.82) is 0 Å². The summed E-state index contributed by atoms with van der Waals surface area (Å²) >= 11 is 0.869. The van der Waals surface area contributed by atoms with E-state index in [9.17, 15) is 18.0 Å². The quantitative estimate of drug-likeness (QED) is 0.832. The van der Waals surface area contributed by atoms with Gasteiger partial charge in [-0.05, 0) is 12.5 Å². The molecule has 2 rings (SSSR count). The van der Waals surface area contributed by atoms with Crippen LogP contribution in [0.3, 0.4) is 0 Å². The number of hydrogen-bond donors (Lipinski definition) is 2. The van der Waals surface area contributed by atoms with E-state index in [1.165, 1.54) is 16.8 Å². The summed E-state index contributed by atoms with van der Waals surface area (Å²) in [6.07, 6.45) is -0.130. The molecule has 1 fully saturated rings. The van der Waals surface area contributed by atoms with Crippen LogP contribution in [0.4, 0.5) is 4.79 Å². The van der Waals surface area contributed by atoms with E-state index in [-0.39, 0.29) is 28.9 Å². The van der Waals surface area contributed by atoms with Gasteiger partial charge in [-0.3, -0.25) is 0 Å². The Labute approximate surface area is 125 Å². The number of carbonyl (C=O) groups excluding carboxylic acids is 1. The van der Waals surface area contributed by atoms with E-state index in [2.05, 4.69) is 10.1 Å². The van der Waals surface area contributed by atoms with E-state index in [1.807, 2.05) is 0 Å². The van der Waals surface area contributed by atoms with Crippen LogP contribution in [0.1, 0.15) is 16.8 Å². The van der Waals surface area contributed by atoms with Crippen molar-refractivity contribution in [2.24, 2.45) is 0 Å². The summed E-state index contributed by atoms with van der Waals surface area (Å²) in [5, 5.41) is 12.7. The second kappa shape index (κ2) is 6.00. The van der Waals surface area contributed by atoms with Gasteiger partial charge >= 0.3 is 12.1 Å². The molecule has 0 aromatic carbocycles. The van der Waals surface area contributed by atoms with Gasteiger partial charge in [-0.15, -0.1) is 11.3 Å². The predicted octanol–water partition coefficient (Wildman–Crippen LogP) is 0.565. The Morgan fingerprint density at radius 1 is 1.52 bits per heavy atom. The first-order valence-corrected chi connectivity index (χ1v) is 8.33. The van der Waals surface area contributed by atoms with E-state index >= 15 is 0 Å². The number of aromatic carboxylic acids is 1. The maximum Gasteiger partial charge on any atom is 0.407 e. The number of carbonyl (C=O) groups is 2. The van der Waals surface area contributed by atoms with Gasteiger partial charge in [0.1, 0.15) is 4.21 Å². The molecule has 116 valence electrons. The summed E-state index contributed by atoms with van der Waals surface area (Å²) in [4.78, 5) is 21.9. The molecule has 1 aromatic heterocycles. The molecular formula is C11H14N2O6S2. The Morgan fingerprint density at radius 2 is 2.24 bits per heavy atom. The summed E-state index contributed by atoms with van der Waals surface area (Å²) in [6, 6.07) is 0.828. The fraction of sp³-hybridized carbons (Fsp3) is 0.455. The van der Waals surface area contributed by atoms with E-state index in [0.717, 1.165) is 17.4 Å². The third kappa shape index (κ3) is 3.34. The first-order valence-electron chi connectivity index (χ1n) is 6.01. The number of hydrogen-bond acceptors (Lipinski definition) is 6. The molecule has 10 heteroatoms. The van der Waals surface area contributed by atoms with Gasteiger partial charge in [0.05, 0.1) is 12.7 Å². The van der Waals surface area contributed by atoms with Gasteiger partial charge in [-0.1, -0.05) is 0 Å². The highest BCUT2D eigenvalue weighted by atomic mass is 32.2. The molecule has 1 aliphatic rings. The number of carboxylic acids is 1. The monoisotopic (exact) mass is 334 g/mol. The maximum absolute atomic E-state index is 12.4. The van der Waals surface area contributed by atoms with Crippen molar-refractivity contribution in [1.82, 2.24) is 9.62 Å². The number of methoxy groups -OCH3 is 1. The molecule has 1 atom stereocenters. The lowest BCUT2D eigenvalue weighted by Gasteiger charge is -2.15. The van der Waals surface area contributed by atoms with Crippen LogP contribution in [0.25, 0.3) is 0 Å².